The number of hydrogen-bond donors (Lipinski definition) is 2. The Morgan fingerprint density at radius 3 is 2.74 bits per heavy atom. The Bertz CT molecular complexity index is 702. The van der Waals surface area contributed by atoms with E-state index in [9.17, 15) is 14.7 Å². The lowest BCUT2D eigenvalue weighted by Gasteiger charge is -2.35. The van der Waals surface area contributed by atoms with Gasteiger partial charge in [0.25, 0.3) is 5.91 Å². The second kappa shape index (κ2) is 8.33. The molecule has 1 atom stereocenters. The first-order valence-corrected chi connectivity index (χ1v) is 8.70. The molecular formula is C18H26ClN3O5. The average molecular weight is 400 g/mol. The third kappa shape index (κ3) is 4.82. The van der Waals surface area contributed by atoms with E-state index in [0.29, 0.717) is 43.1 Å². The van der Waals surface area contributed by atoms with Crippen molar-refractivity contribution in [3.63, 3.8) is 0 Å². The van der Waals surface area contributed by atoms with E-state index in [0.717, 1.165) is 0 Å². The van der Waals surface area contributed by atoms with Crippen LogP contribution in [-0.4, -0.2) is 66.8 Å². The van der Waals surface area contributed by atoms with Crippen molar-refractivity contribution in [2.75, 3.05) is 38.3 Å². The Labute approximate surface area is 164 Å². The van der Waals surface area contributed by atoms with Gasteiger partial charge in [0.05, 0.1) is 11.3 Å². The van der Waals surface area contributed by atoms with Crippen LogP contribution in [0, 0.1) is 0 Å². The summed E-state index contributed by atoms with van der Waals surface area (Å²) < 4.78 is 11.2. The fourth-order valence-electron chi connectivity index (χ4n) is 3.06. The number of carbonyl (C=O) groups excluding carboxylic acids is 2. The second-order valence-corrected chi connectivity index (χ2v) is 7.11. The Kier molecular flexibility index (Phi) is 6.56. The maximum atomic E-state index is 12.3. The predicted octanol–water partition coefficient (Wildman–Crippen LogP) is 0.543. The van der Waals surface area contributed by atoms with Crippen LogP contribution in [0.2, 0.25) is 0 Å². The summed E-state index contributed by atoms with van der Waals surface area (Å²) >= 11 is 0. The van der Waals surface area contributed by atoms with Crippen LogP contribution in [0.15, 0.2) is 18.2 Å². The highest BCUT2D eigenvalue weighted by Crippen LogP contribution is 2.34. The first kappa shape index (κ1) is 21.3. The third-order valence-corrected chi connectivity index (χ3v) is 4.91. The molecule has 1 saturated heterocycles. The topological polar surface area (TPSA) is 105 Å². The van der Waals surface area contributed by atoms with E-state index < -0.39 is 11.6 Å². The highest BCUT2D eigenvalue weighted by Gasteiger charge is 2.30. The molecule has 0 aromatic heterocycles. The summed E-state index contributed by atoms with van der Waals surface area (Å²) in [6.45, 7) is 2.84. The van der Waals surface area contributed by atoms with Crippen LogP contribution < -0.4 is 20.1 Å². The number of nitrogens with zero attached hydrogens (tertiary/aromatic N) is 2. The number of likely N-dealkylation sites (N-methyl/N-ethyl adjacent to an activating group) is 1. The summed E-state index contributed by atoms with van der Waals surface area (Å²) in [6.07, 6.45) is 1.12. The number of anilines is 1. The van der Waals surface area contributed by atoms with Gasteiger partial charge in [-0.2, -0.15) is 0 Å². The SMILES string of the molecule is CN1C(=O)[C@@H](N)COc2ccc(OCC(=O)N3CCC(C)(O)CC3)cc21.Cl. The summed E-state index contributed by atoms with van der Waals surface area (Å²) in [5, 5.41) is 9.96. The van der Waals surface area contributed by atoms with E-state index in [1.807, 2.05) is 0 Å². The lowest BCUT2D eigenvalue weighted by molar-refractivity contribution is -0.137. The molecule has 2 amide bonds. The van der Waals surface area contributed by atoms with Crippen molar-refractivity contribution in [1.82, 2.24) is 4.90 Å². The van der Waals surface area contributed by atoms with Crippen molar-refractivity contribution < 1.29 is 24.2 Å². The molecule has 0 bridgehead atoms. The van der Waals surface area contributed by atoms with Gasteiger partial charge in [0.1, 0.15) is 24.1 Å². The first-order valence-electron chi connectivity index (χ1n) is 8.70. The van der Waals surface area contributed by atoms with Crippen LogP contribution >= 0.6 is 12.4 Å². The zero-order valence-corrected chi connectivity index (χ0v) is 16.3. The summed E-state index contributed by atoms with van der Waals surface area (Å²) in [6, 6.07) is 4.35. The van der Waals surface area contributed by atoms with E-state index in [2.05, 4.69) is 0 Å². The van der Waals surface area contributed by atoms with Crippen LogP contribution in [0.3, 0.4) is 0 Å². The molecule has 2 aliphatic rings. The van der Waals surface area contributed by atoms with Gasteiger partial charge in [-0.1, -0.05) is 0 Å². The van der Waals surface area contributed by atoms with Crippen LogP contribution in [-0.2, 0) is 9.59 Å². The van der Waals surface area contributed by atoms with Crippen molar-refractivity contribution >= 4 is 29.9 Å². The van der Waals surface area contributed by atoms with Gasteiger partial charge in [-0.15, -0.1) is 12.4 Å². The summed E-state index contributed by atoms with van der Waals surface area (Å²) in [5.74, 6) is 0.654. The molecule has 0 aliphatic carbocycles. The van der Waals surface area contributed by atoms with Gasteiger partial charge in [-0.3, -0.25) is 9.59 Å². The molecule has 2 aliphatic heterocycles. The van der Waals surface area contributed by atoms with Crippen LogP contribution in [0.25, 0.3) is 0 Å². The van der Waals surface area contributed by atoms with Crippen molar-refractivity contribution in [3.8, 4) is 11.5 Å². The molecule has 27 heavy (non-hydrogen) atoms. The van der Waals surface area contributed by atoms with Gasteiger partial charge in [0, 0.05) is 26.2 Å². The van der Waals surface area contributed by atoms with Gasteiger partial charge < -0.3 is 30.1 Å². The second-order valence-electron chi connectivity index (χ2n) is 7.11. The number of nitrogens with two attached hydrogens (primary N) is 1. The minimum Gasteiger partial charge on any atom is -0.489 e. The van der Waals surface area contributed by atoms with Crippen LogP contribution in [0.5, 0.6) is 11.5 Å². The van der Waals surface area contributed by atoms with Gasteiger partial charge in [0.15, 0.2) is 6.61 Å². The van der Waals surface area contributed by atoms with E-state index in [4.69, 9.17) is 15.2 Å². The van der Waals surface area contributed by atoms with Crippen molar-refractivity contribution in [2.24, 2.45) is 5.73 Å². The van der Waals surface area contributed by atoms with Gasteiger partial charge in [-0.25, -0.2) is 0 Å². The molecule has 9 heteroatoms. The first-order chi connectivity index (χ1) is 12.3. The number of piperidine rings is 1. The fraction of sp³-hybridized carbons (Fsp3) is 0.556. The molecule has 0 unspecified atom stereocenters. The molecule has 0 spiro atoms. The lowest BCUT2D eigenvalue weighted by atomic mass is 9.94. The standard InChI is InChI=1S/C18H25N3O5.ClH/c1-18(24)5-7-21(8-6-18)16(22)11-25-12-3-4-15-14(9-12)20(2)17(23)13(19)10-26-15;/h3-4,9,13,24H,5-8,10-11,19H2,1-2H3;1H/t13-;/m0./s1. The van der Waals surface area contributed by atoms with E-state index in [1.165, 1.54) is 4.90 Å². The van der Waals surface area contributed by atoms with Crippen molar-refractivity contribution in [1.29, 1.82) is 0 Å². The summed E-state index contributed by atoms with van der Waals surface area (Å²) in [4.78, 5) is 27.6. The number of amides is 2. The van der Waals surface area contributed by atoms with E-state index >= 15 is 0 Å². The largest absolute Gasteiger partial charge is 0.489 e. The minimum absolute atomic E-state index is 0. The smallest absolute Gasteiger partial charge is 0.260 e. The maximum absolute atomic E-state index is 12.3. The lowest BCUT2D eigenvalue weighted by Crippen LogP contribution is -2.46. The molecule has 1 aromatic rings. The van der Waals surface area contributed by atoms with E-state index in [1.54, 1.807) is 37.1 Å². The highest BCUT2D eigenvalue weighted by molar-refractivity contribution is 5.98. The number of carbonyl (C=O) groups is 2. The monoisotopic (exact) mass is 399 g/mol. The molecule has 2 heterocycles. The summed E-state index contributed by atoms with van der Waals surface area (Å²) in [5.41, 5.74) is 5.63. The number of halogens is 1. The number of ether oxygens (including phenoxy) is 2. The zero-order chi connectivity index (χ0) is 18.9. The predicted molar refractivity (Wildman–Crippen MR) is 103 cm³/mol. The molecule has 3 rings (SSSR count). The molecule has 8 nitrogen and oxygen atoms in total. The number of aliphatic hydroxyl groups is 1. The number of rotatable bonds is 3. The molecule has 0 radical (unpaired) electrons. The Balaban J connectivity index is 0.00000261. The third-order valence-electron chi connectivity index (χ3n) is 4.91. The Hall–Kier alpha value is -2.03. The van der Waals surface area contributed by atoms with Gasteiger partial charge in [0.2, 0.25) is 5.91 Å². The molecular weight excluding hydrogens is 374 g/mol. The highest BCUT2D eigenvalue weighted by atomic mass is 35.5. The molecule has 1 aromatic carbocycles. The minimum atomic E-state index is -0.713. The molecule has 0 saturated carbocycles. The number of benzene rings is 1. The molecule has 150 valence electrons. The average Bonchev–Trinajstić information content (AvgIpc) is 2.72. The van der Waals surface area contributed by atoms with Crippen LogP contribution in [0.1, 0.15) is 19.8 Å². The number of likely N-dealkylation sites (tertiary alicyclic amines) is 1. The fourth-order valence-corrected chi connectivity index (χ4v) is 3.06. The number of hydrogen-bond acceptors (Lipinski definition) is 6. The zero-order valence-electron chi connectivity index (χ0n) is 15.5. The normalized spacial score (nSPS) is 21.5. The van der Waals surface area contributed by atoms with Crippen molar-refractivity contribution in [3.05, 3.63) is 18.2 Å². The van der Waals surface area contributed by atoms with E-state index in [-0.39, 0.29) is 37.4 Å². The van der Waals surface area contributed by atoms with Crippen molar-refractivity contribution in [2.45, 2.75) is 31.4 Å². The Morgan fingerprint density at radius 1 is 1.41 bits per heavy atom. The van der Waals surface area contributed by atoms with Gasteiger partial charge >= 0.3 is 0 Å². The summed E-state index contributed by atoms with van der Waals surface area (Å²) in [7, 11) is 1.63. The molecule has 1 fully saturated rings. The Morgan fingerprint density at radius 2 is 2.07 bits per heavy atom. The molecule has 3 N–H and O–H groups in total. The number of fused-ring (bicyclic) bond motifs is 1. The van der Waals surface area contributed by atoms with Crippen LogP contribution in [0.4, 0.5) is 5.69 Å². The maximum Gasteiger partial charge on any atom is 0.260 e. The van der Waals surface area contributed by atoms with Gasteiger partial charge in [-0.05, 0) is 31.9 Å². The quantitative estimate of drug-likeness (QED) is 0.768.